The summed E-state index contributed by atoms with van der Waals surface area (Å²) in [4.78, 5) is 4.26. The first kappa shape index (κ1) is 13.9. The summed E-state index contributed by atoms with van der Waals surface area (Å²) in [6, 6.07) is 12.6. The zero-order chi connectivity index (χ0) is 13.7. The number of rotatable bonds is 5. The SMILES string of the molecule is CCNc1cc(NC(C)c2ccc(Br)cc2)ccn1. The van der Waals surface area contributed by atoms with Crippen LogP contribution in [0.3, 0.4) is 0 Å². The van der Waals surface area contributed by atoms with E-state index in [0.29, 0.717) is 0 Å². The lowest BCUT2D eigenvalue weighted by atomic mass is 10.1. The Balaban J connectivity index is 2.07. The largest absolute Gasteiger partial charge is 0.378 e. The summed E-state index contributed by atoms with van der Waals surface area (Å²) in [5.41, 5.74) is 2.33. The van der Waals surface area contributed by atoms with E-state index >= 15 is 0 Å². The Hall–Kier alpha value is -1.55. The van der Waals surface area contributed by atoms with Gasteiger partial charge in [-0.25, -0.2) is 4.98 Å². The third kappa shape index (κ3) is 3.96. The molecule has 19 heavy (non-hydrogen) atoms. The predicted molar refractivity (Wildman–Crippen MR) is 84.6 cm³/mol. The summed E-state index contributed by atoms with van der Waals surface area (Å²) in [6.07, 6.45) is 1.81. The summed E-state index contributed by atoms with van der Waals surface area (Å²) in [5, 5.41) is 6.69. The van der Waals surface area contributed by atoms with Crippen molar-refractivity contribution in [1.82, 2.24) is 4.98 Å². The van der Waals surface area contributed by atoms with E-state index in [-0.39, 0.29) is 6.04 Å². The minimum absolute atomic E-state index is 0.255. The summed E-state index contributed by atoms with van der Waals surface area (Å²) < 4.78 is 1.10. The molecule has 3 nitrogen and oxygen atoms in total. The van der Waals surface area contributed by atoms with Crippen molar-refractivity contribution in [2.24, 2.45) is 0 Å². The molecule has 0 spiro atoms. The minimum atomic E-state index is 0.255. The number of nitrogens with one attached hydrogen (secondary N) is 2. The van der Waals surface area contributed by atoms with E-state index in [4.69, 9.17) is 0 Å². The standard InChI is InChI=1S/C15H18BrN3/c1-3-17-15-10-14(8-9-18-15)19-11(2)12-4-6-13(16)7-5-12/h4-11H,3H2,1-2H3,(H2,17,18,19). The lowest BCUT2D eigenvalue weighted by Crippen LogP contribution is -2.07. The van der Waals surface area contributed by atoms with Gasteiger partial charge in [-0.2, -0.15) is 0 Å². The number of anilines is 2. The van der Waals surface area contributed by atoms with Crippen LogP contribution in [-0.2, 0) is 0 Å². The van der Waals surface area contributed by atoms with Gasteiger partial charge in [-0.15, -0.1) is 0 Å². The van der Waals surface area contributed by atoms with Crippen LogP contribution >= 0.6 is 15.9 Å². The van der Waals surface area contributed by atoms with Gasteiger partial charge in [0.05, 0.1) is 0 Å². The van der Waals surface area contributed by atoms with Crippen molar-refractivity contribution in [2.45, 2.75) is 19.9 Å². The average Bonchev–Trinajstić information content (AvgIpc) is 2.40. The van der Waals surface area contributed by atoms with E-state index in [2.05, 4.69) is 69.7 Å². The molecule has 1 aromatic heterocycles. The Morgan fingerprint density at radius 3 is 2.63 bits per heavy atom. The topological polar surface area (TPSA) is 37.0 Å². The molecule has 0 aliphatic carbocycles. The molecule has 0 aliphatic rings. The molecule has 0 bridgehead atoms. The Labute approximate surface area is 122 Å². The predicted octanol–water partition coefficient (Wildman–Crippen LogP) is 4.45. The number of hydrogen-bond acceptors (Lipinski definition) is 3. The molecule has 1 heterocycles. The van der Waals surface area contributed by atoms with Gasteiger partial charge in [-0.05, 0) is 37.6 Å². The second-order valence-corrected chi connectivity index (χ2v) is 5.29. The van der Waals surface area contributed by atoms with Gasteiger partial charge in [0.2, 0.25) is 0 Å². The quantitative estimate of drug-likeness (QED) is 0.855. The molecule has 2 rings (SSSR count). The lowest BCUT2D eigenvalue weighted by Gasteiger charge is -2.16. The molecule has 4 heteroatoms. The first-order chi connectivity index (χ1) is 9.19. The van der Waals surface area contributed by atoms with Crippen LogP contribution in [-0.4, -0.2) is 11.5 Å². The summed E-state index contributed by atoms with van der Waals surface area (Å²) in [7, 11) is 0. The second kappa shape index (κ2) is 6.57. The fraction of sp³-hybridized carbons (Fsp3) is 0.267. The van der Waals surface area contributed by atoms with Crippen molar-refractivity contribution in [3.05, 3.63) is 52.6 Å². The number of nitrogens with zero attached hydrogens (tertiary/aromatic N) is 1. The van der Waals surface area contributed by atoms with Crippen molar-refractivity contribution in [3.8, 4) is 0 Å². The normalized spacial score (nSPS) is 11.9. The molecule has 0 aliphatic heterocycles. The monoisotopic (exact) mass is 319 g/mol. The average molecular weight is 320 g/mol. The van der Waals surface area contributed by atoms with Crippen molar-refractivity contribution < 1.29 is 0 Å². The Morgan fingerprint density at radius 2 is 1.95 bits per heavy atom. The number of aromatic nitrogens is 1. The lowest BCUT2D eigenvalue weighted by molar-refractivity contribution is 0.883. The van der Waals surface area contributed by atoms with E-state index in [0.717, 1.165) is 22.5 Å². The number of halogens is 1. The van der Waals surface area contributed by atoms with Crippen LogP contribution in [0.15, 0.2) is 47.1 Å². The van der Waals surface area contributed by atoms with E-state index in [1.165, 1.54) is 5.56 Å². The molecule has 1 atom stereocenters. The van der Waals surface area contributed by atoms with Crippen LogP contribution in [0, 0.1) is 0 Å². The van der Waals surface area contributed by atoms with Gasteiger partial charge in [-0.1, -0.05) is 28.1 Å². The maximum absolute atomic E-state index is 4.26. The van der Waals surface area contributed by atoms with Gasteiger partial charge in [0.1, 0.15) is 5.82 Å². The van der Waals surface area contributed by atoms with Gasteiger partial charge in [0.25, 0.3) is 0 Å². The second-order valence-electron chi connectivity index (χ2n) is 4.38. The molecule has 100 valence electrons. The van der Waals surface area contributed by atoms with Crippen molar-refractivity contribution in [2.75, 3.05) is 17.2 Å². The highest BCUT2D eigenvalue weighted by atomic mass is 79.9. The van der Waals surface area contributed by atoms with Crippen LogP contribution in [0.5, 0.6) is 0 Å². The molecule has 0 saturated heterocycles. The molecule has 1 aromatic carbocycles. The molecule has 0 amide bonds. The van der Waals surface area contributed by atoms with E-state index in [9.17, 15) is 0 Å². The highest BCUT2D eigenvalue weighted by molar-refractivity contribution is 9.10. The van der Waals surface area contributed by atoms with Crippen LogP contribution < -0.4 is 10.6 Å². The number of benzene rings is 1. The third-order valence-electron chi connectivity index (χ3n) is 2.87. The Morgan fingerprint density at radius 1 is 1.21 bits per heavy atom. The number of hydrogen-bond donors (Lipinski definition) is 2. The molecule has 0 saturated carbocycles. The summed E-state index contributed by atoms with van der Waals surface area (Å²) in [5.74, 6) is 0.899. The zero-order valence-electron chi connectivity index (χ0n) is 11.2. The minimum Gasteiger partial charge on any atom is -0.378 e. The maximum atomic E-state index is 4.26. The maximum Gasteiger partial charge on any atom is 0.127 e. The van der Waals surface area contributed by atoms with Crippen LogP contribution in [0.4, 0.5) is 11.5 Å². The molecule has 1 unspecified atom stereocenters. The van der Waals surface area contributed by atoms with Crippen LogP contribution in [0.25, 0.3) is 0 Å². The molecule has 2 N–H and O–H groups in total. The zero-order valence-corrected chi connectivity index (χ0v) is 12.7. The molecule has 2 aromatic rings. The van der Waals surface area contributed by atoms with E-state index in [1.54, 1.807) is 0 Å². The van der Waals surface area contributed by atoms with Crippen LogP contribution in [0.2, 0.25) is 0 Å². The molecular weight excluding hydrogens is 302 g/mol. The third-order valence-corrected chi connectivity index (χ3v) is 3.40. The van der Waals surface area contributed by atoms with Gasteiger partial charge in [-0.3, -0.25) is 0 Å². The van der Waals surface area contributed by atoms with Gasteiger partial charge >= 0.3 is 0 Å². The van der Waals surface area contributed by atoms with Gasteiger partial charge in [0.15, 0.2) is 0 Å². The van der Waals surface area contributed by atoms with Gasteiger partial charge < -0.3 is 10.6 Å². The van der Waals surface area contributed by atoms with E-state index < -0.39 is 0 Å². The first-order valence-corrected chi connectivity index (χ1v) is 7.20. The Kier molecular flexibility index (Phi) is 4.80. The van der Waals surface area contributed by atoms with Gasteiger partial charge in [0, 0.05) is 35.0 Å². The molecular formula is C15H18BrN3. The van der Waals surface area contributed by atoms with Crippen molar-refractivity contribution in [1.29, 1.82) is 0 Å². The van der Waals surface area contributed by atoms with Crippen LogP contribution in [0.1, 0.15) is 25.5 Å². The highest BCUT2D eigenvalue weighted by Gasteiger charge is 2.05. The first-order valence-electron chi connectivity index (χ1n) is 6.41. The summed E-state index contributed by atoms with van der Waals surface area (Å²) >= 11 is 3.45. The molecule has 0 radical (unpaired) electrons. The summed E-state index contributed by atoms with van der Waals surface area (Å²) in [6.45, 7) is 5.08. The fourth-order valence-electron chi connectivity index (χ4n) is 1.88. The molecule has 0 fully saturated rings. The smallest absolute Gasteiger partial charge is 0.127 e. The van der Waals surface area contributed by atoms with Crippen molar-refractivity contribution >= 4 is 27.4 Å². The highest BCUT2D eigenvalue weighted by Crippen LogP contribution is 2.22. The van der Waals surface area contributed by atoms with E-state index in [1.807, 2.05) is 18.3 Å². The number of pyridine rings is 1. The fourth-order valence-corrected chi connectivity index (χ4v) is 2.15. The van der Waals surface area contributed by atoms with Crippen molar-refractivity contribution in [3.63, 3.8) is 0 Å². The Bertz CT molecular complexity index is 525.